The highest BCUT2D eigenvalue weighted by Crippen LogP contribution is 2.46. The van der Waals surface area contributed by atoms with Crippen LogP contribution in [-0.2, 0) is 9.59 Å². The van der Waals surface area contributed by atoms with E-state index in [1.54, 1.807) is 0 Å². The fourth-order valence-electron chi connectivity index (χ4n) is 3.95. The molecule has 1 heterocycles. The Kier molecular flexibility index (Phi) is 5.07. The second kappa shape index (κ2) is 6.47. The van der Waals surface area contributed by atoms with Crippen molar-refractivity contribution in [3.8, 4) is 0 Å². The SMILES string of the molecule is CCC(CC)(CO)CN1C(=O)CC2(CCCCC2)CC1=O. The second-order valence-corrected chi connectivity index (χ2v) is 7.15. The van der Waals surface area contributed by atoms with Crippen molar-refractivity contribution in [1.82, 2.24) is 4.90 Å². The zero-order valence-electron chi connectivity index (χ0n) is 13.5. The van der Waals surface area contributed by atoms with Gasteiger partial charge in [-0.3, -0.25) is 14.5 Å². The molecule has 0 atom stereocenters. The van der Waals surface area contributed by atoms with Gasteiger partial charge in [-0.05, 0) is 31.1 Å². The summed E-state index contributed by atoms with van der Waals surface area (Å²) in [6, 6.07) is 0. The quantitative estimate of drug-likeness (QED) is 0.793. The number of likely N-dealkylation sites (tertiary alicyclic amines) is 1. The van der Waals surface area contributed by atoms with Gasteiger partial charge in [0.15, 0.2) is 0 Å². The summed E-state index contributed by atoms with van der Waals surface area (Å²) in [5.41, 5.74) is -0.383. The molecule has 2 amide bonds. The van der Waals surface area contributed by atoms with Gasteiger partial charge in [-0.25, -0.2) is 0 Å². The highest BCUT2D eigenvalue weighted by molar-refractivity contribution is 5.98. The molecule has 1 saturated heterocycles. The largest absolute Gasteiger partial charge is 0.396 e. The van der Waals surface area contributed by atoms with Gasteiger partial charge in [-0.2, -0.15) is 0 Å². The zero-order chi connectivity index (χ0) is 15.5. The number of imide groups is 1. The van der Waals surface area contributed by atoms with Crippen LogP contribution in [0.5, 0.6) is 0 Å². The summed E-state index contributed by atoms with van der Waals surface area (Å²) >= 11 is 0. The minimum absolute atomic E-state index is 0.0205. The van der Waals surface area contributed by atoms with Crippen molar-refractivity contribution >= 4 is 11.8 Å². The number of carbonyl (C=O) groups excluding carboxylic acids is 2. The van der Waals surface area contributed by atoms with E-state index in [1.807, 2.05) is 13.8 Å². The standard InChI is InChI=1S/C17H29NO3/c1-3-16(4-2,13-19)12-18-14(20)10-17(11-15(18)21)8-6-5-7-9-17/h19H,3-13H2,1-2H3. The fraction of sp³-hybridized carbons (Fsp3) is 0.882. The van der Waals surface area contributed by atoms with Gasteiger partial charge in [0.25, 0.3) is 0 Å². The maximum Gasteiger partial charge on any atom is 0.229 e. The smallest absolute Gasteiger partial charge is 0.229 e. The molecular formula is C17H29NO3. The van der Waals surface area contributed by atoms with Crippen LogP contribution in [0.15, 0.2) is 0 Å². The summed E-state index contributed by atoms with van der Waals surface area (Å²) < 4.78 is 0. The van der Waals surface area contributed by atoms with Crippen LogP contribution in [0.3, 0.4) is 0 Å². The van der Waals surface area contributed by atoms with Crippen LogP contribution in [0.4, 0.5) is 0 Å². The molecular weight excluding hydrogens is 266 g/mol. The third kappa shape index (κ3) is 3.31. The Labute approximate surface area is 127 Å². The van der Waals surface area contributed by atoms with Crippen molar-refractivity contribution in [3.05, 3.63) is 0 Å². The average Bonchev–Trinajstić information content (AvgIpc) is 2.48. The normalized spacial score (nSPS) is 22.9. The molecule has 1 N–H and O–H groups in total. The first-order chi connectivity index (χ1) is 10.00. The minimum Gasteiger partial charge on any atom is -0.396 e. The molecule has 2 rings (SSSR count). The number of nitrogens with zero attached hydrogens (tertiary/aromatic N) is 1. The van der Waals surface area contributed by atoms with Crippen molar-refractivity contribution in [1.29, 1.82) is 0 Å². The first-order valence-corrected chi connectivity index (χ1v) is 8.44. The van der Waals surface area contributed by atoms with Gasteiger partial charge >= 0.3 is 0 Å². The predicted molar refractivity (Wildman–Crippen MR) is 81.6 cm³/mol. The summed E-state index contributed by atoms with van der Waals surface area (Å²) in [6.45, 7) is 4.44. The van der Waals surface area contributed by atoms with Crippen LogP contribution in [0.25, 0.3) is 0 Å². The van der Waals surface area contributed by atoms with E-state index in [4.69, 9.17) is 0 Å². The topological polar surface area (TPSA) is 57.6 Å². The summed E-state index contributed by atoms with van der Waals surface area (Å²) in [6.07, 6.45) is 8.16. The molecule has 0 aromatic carbocycles. The van der Waals surface area contributed by atoms with Crippen LogP contribution in [0.2, 0.25) is 0 Å². The van der Waals surface area contributed by atoms with Gasteiger partial charge in [0.2, 0.25) is 11.8 Å². The van der Waals surface area contributed by atoms with Gasteiger partial charge in [0, 0.05) is 24.8 Å². The first kappa shape index (κ1) is 16.5. The van der Waals surface area contributed by atoms with E-state index in [2.05, 4.69) is 0 Å². The molecule has 4 heteroatoms. The Morgan fingerprint density at radius 3 is 2.00 bits per heavy atom. The molecule has 120 valence electrons. The third-order valence-electron chi connectivity index (χ3n) is 5.90. The van der Waals surface area contributed by atoms with Gasteiger partial charge in [-0.15, -0.1) is 0 Å². The van der Waals surface area contributed by atoms with Crippen LogP contribution in [0.1, 0.15) is 71.6 Å². The van der Waals surface area contributed by atoms with Crippen molar-refractivity contribution in [2.45, 2.75) is 71.6 Å². The van der Waals surface area contributed by atoms with Crippen LogP contribution < -0.4 is 0 Å². The van der Waals surface area contributed by atoms with Gasteiger partial charge < -0.3 is 5.11 Å². The number of piperidine rings is 1. The lowest BCUT2D eigenvalue weighted by Crippen LogP contribution is -2.52. The van der Waals surface area contributed by atoms with Crippen molar-refractivity contribution in [2.24, 2.45) is 10.8 Å². The van der Waals surface area contributed by atoms with Crippen LogP contribution in [0, 0.1) is 10.8 Å². The average molecular weight is 295 g/mol. The molecule has 0 aromatic rings. The van der Waals surface area contributed by atoms with Crippen molar-refractivity contribution in [3.63, 3.8) is 0 Å². The summed E-state index contributed by atoms with van der Waals surface area (Å²) in [4.78, 5) is 26.5. The number of rotatable bonds is 5. The molecule has 21 heavy (non-hydrogen) atoms. The molecule has 1 spiro atoms. The third-order valence-corrected chi connectivity index (χ3v) is 5.90. The van der Waals surface area contributed by atoms with E-state index in [1.165, 1.54) is 11.3 Å². The van der Waals surface area contributed by atoms with E-state index >= 15 is 0 Å². The Balaban J connectivity index is 2.10. The van der Waals surface area contributed by atoms with Crippen molar-refractivity contribution in [2.75, 3.05) is 13.2 Å². The number of carbonyl (C=O) groups is 2. The van der Waals surface area contributed by atoms with Crippen LogP contribution >= 0.6 is 0 Å². The number of hydrogen-bond donors (Lipinski definition) is 1. The van der Waals surface area contributed by atoms with Crippen molar-refractivity contribution < 1.29 is 14.7 Å². The molecule has 1 saturated carbocycles. The van der Waals surface area contributed by atoms with Gasteiger partial charge in [0.05, 0.1) is 6.61 Å². The number of hydrogen-bond acceptors (Lipinski definition) is 3. The van der Waals surface area contributed by atoms with Crippen LogP contribution in [-0.4, -0.2) is 35.0 Å². The lowest BCUT2D eigenvalue weighted by Gasteiger charge is -2.44. The maximum absolute atomic E-state index is 12.5. The number of aliphatic hydroxyl groups excluding tert-OH is 1. The molecule has 4 nitrogen and oxygen atoms in total. The predicted octanol–water partition coefficient (Wildman–Crippen LogP) is 2.88. The lowest BCUT2D eigenvalue weighted by molar-refractivity contribution is -0.157. The molecule has 2 aliphatic rings. The second-order valence-electron chi connectivity index (χ2n) is 7.15. The Morgan fingerprint density at radius 1 is 1.05 bits per heavy atom. The Bertz CT molecular complexity index is 367. The lowest BCUT2D eigenvalue weighted by atomic mass is 9.67. The Hall–Kier alpha value is -0.900. The minimum atomic E-state index is -0.331. The van der Waals surface area contributed by atoms with E-state index < -0.39 is 0 Å². The molecule has 2 fully saturated rings. The van der Waals surface area contributed by atoms with E-state index in [-0.39, 0.29) is 29.3 Å². The summed E-state index contributed by atoms with van der Waals surface area (Å²) in [7, 11) is 0. The molecule has 1 aliphatic heterocycles. The molecule has 0 bridgehead atoms. The number of aliphatic hydroxyl groups is 1. The highest BCUT2D eigenvalue weighted by Gasteiger charge is 2.45. The zero-order valence-corrected chi connectivity index (χ0v) is 13.5. The summed E-state index contributed by atoms with van der Waals surface area (Å²) in [5, 5.41) is 9.67. The van der Waals surface area contributed by atoms with E-state index in [0.717, 1.165) is 38.5 Å². The van der Waals surface area contributed by atoms with E-state index in [9.17, 15) is 14.7 Å². The van der Waals surface area contributed by atoms with Gasteiger partial charge in [0.1, 0.15) is 0 Å². The van der Waals surface area contributed by atoms with Gasteiger partial charge in [-0.1, -0.05) is 33.1 Å². The molecule has 0 unspecified atom stereocenters. The Morgan fingerprint density at radius 2 is 1.57 bits per heavy atom. The first-order valence-electron chi connectivity index (χ1n) is 8.44. The molecule has 0 radical (unpaired) electrons. The fourth-order valence-corrected chi connectivity index (χ4v) is 3.95. The summed E-state index contributed by atoms with van der Waals surface area (Å²) in [5.74, 6) is -0.0410. The maximum atomic E-state index is 12.5. The monoisotopic (exact) mass is 295 g/mol. The highest BCUT2D eigenvalue weighted by atomic mass is 16.3. The molecule has 1 aliphatic carbocycles. The molecule has 0 aromatic heterocycles. The number of amides is 2. The van der Waals surface area contributed by atoms with E-state index in [0.29, 0.717) is 19.4 Å².